The third kappa shape index (κ3) is 2.15. The van der Waals surface area contributed by atoms with Gasteiger partial charge < -0.3 is 16.0 Å². The summed E-state index contributed by atoms with van der Waals surface area (Å²) in [5.41, 5.74) is 8.55. The van der Waals surface area contributed by atoms with Crippen molar-refractivity contribution in [2.75, 3.05) is 24.2 Å². The third-order valence-corrected chi connectivity index (χ3v) is 3.71. The zero-order chi connectivity index (χ0) is 13.3. The first-order valence-corrected chi connectivity index (χ1v) is 6.35. The Bertz CT molecular complexity index is 468. The zero-order valence-electron chi connectivity index (χ0n) is 11.3. The molecule has 0 bridgehead atoms. The molecule has 1 amide bonds. The molecular formula is C14H21N3O. The Balaban J connectivity index is 2.33. The van der Waals surface area contributed by atoms with Crippen molar-refractivity contribution < 1.29 is 4.79 Å². The van der Waals surface area contributed by atoms with Crippen molar-refractivity contribution in [3.63, 3.8) is 0 Å². The van der Waals surface area contributed by atoms with E-state index >= 15 is 0 Å². The molecule has 3 N–H and O–H groups in total. The van der Waals surface area contributed by atoms with Gasteiger partial charge in [0.05, 0.1) is 11.4 Å². The van der Waals surface area contributed by atoms with E-state index in [1.165, 1.54) is 12.8 Å². The number of benzene rings is 1. The van der Waals surface area contributed by atoms with Gasteiger partial charge in [0.25, 0.3) is 5.91 Å². The number of carbonyl (C=O) groups is 1. The van der Waals surface area contributed by atoms with E-state index in [0.717, 1.165) is 12.2 Å². The second kappa shape index (κ2) is 4.52. The first kappa shape index (κ1) is 12.7. The molecule has 4 heteroatoms. The van der Waals surface area contributed by atoms with E-state index < -0.39 is 0 Å². The van der Waals surface area contributed by atoms with Crippen LogP contribution >= 0.6 is 0 Å². The number of nitrogens with zero attached hydrogens (tertiary/aromatic N) is 1. The summed E-state index contributed by atoms with van der Waals surface area (Å²) in [4.78, 5) is 13.9. The van der Waals surface area contributed by atoms with Crippen molar-refractivity contribution in [2.24, 2.45) is 0 Å². The Morgan fingerprint density at radius 2 is 2.17 bits per heavy atom. The van der Waals surface area contributed by atoms with Gasteiger partial charge in [0.1, 0.15) is 0 Å². The van der Waals surface area contributed by atoms with Gasteiger partial charge in [-0.25, -0.2) is 0 Å². The number of hydrogen-bond donors (Lipinski definition) is 2. The van der Waals surface area contributed by atoms with Crippen LogP contribution in [-0.4, -0.2) is 25.0 Å². The number of amides is 1. The van der Waals surface area contributed by atoms with Crippen LogP contribution in [0.3, 0.4) is 0 Å². The van der Waals surface area contributed by atoms with Gasteiger partial charge >= 0.3 is 0 Å². The molecule has 1 aromatic rings. The van der Waals surface area contributed by atoms with Crippen LogP contribution in [0.1, 0.15) is 37.0 Å². The molecule has 1 aliphatic heterocycles. The number of nitrogens with two attached hydrogens (primary N) is 1. The predicted octanol–water partition coefficient (Wildman–Crippen LogP) is 2.01. The minimum Gasteiger partial charge on any atom is -0.397 e. The van der Waals surface area contributed by atoms with Gasteiger partial charge in [0, 0.05) is 24.7 Å². The van der Waals surface area contributed by atoms with Crippen LogP contribution in [-0.2, 0) is 0 Å². The molecule has 1 fully saturated rings. The fraction of sp³-hybridized carbons (Fsp3) is 0.500. The smallest absolute Gasteiger partial charge is 0.251 e. The van der Waals surface area contributed by atoms with Crippen molar-refractivity contribution in [3.05, 3.63) is 23.8 Å². The van der Waals surface area contributed by atoms with Gasteiger partial charge in [0.15, 0.2) is 0 Å². The first-order valence-electron chi connectivity index (χ1n) is 6.35. The second-order valence-corrected chi connectivity index (χ2v) is 5.42. The van der Waals surface area contributed by atoms with Gasteiger partial charge in [-0.2, -0.15) is 0 Å². The van der Waals surface area contributed by atoms with Crippen LogP contribution in [0.15, 0.2) is 18.2 Å². The van der Waals surface area contributed by atoms with Crippen LogP contribution in [0.4, 0.5) is 11.4 Å². The van der Waals surface area contributed by atoms with E-state index in [0.29, 0.717) is 11.3 Å². The Morgan fingerprint density at radius 3 is 2.67 bits per heavy atom. The summed E-state index contributed by atoms with van der Waals surface area (Å²) in [5.74, 6) is -0.103. The largest absolute Gasteiger partial charge is 0.397 e. The lowest BCUT2D eigenvalue weighted by molar-refractivity contribution is 0.0963. The molecule has 1 saturated heterocycles. The third-order valence-electron chi connectivity index (χ3n) is 3.71. The fourth-order valence-electron chi connectivity index (χ4n) is 2.64. The summed E-state index contributed by atoms with van der Waals surface area (Å²) in [6.07, 6.45) is 2.35. The van der Waals surface area contributed by atoms with Crippen LogP contribution in [0.5, 0.6) is 0 Å². The molecule has 4 nitrogen and oxygen atoms in total. The van der Waals surface area contributed by atoms with Crippen LogP contribution in [0, 0.1) is 0 Å². The molecule has 2 rings (SSSR count). The predicted molar refractivity (Wildman–Crippen MR) is 74.9 cm³/mol. The van der Waals surface area contributed by atoms with E-state index in [1.54, 1.807) is 13.1 Å². The van der Waals surface area contributed by atoms with Crippen molar-refractivity contribution in [1.29, 1.82) is 0 Å². The van der Waals surface area contributed by atoms with Gasteiger partial charge in [-0.15, -0.1) is 0 Å². The highest BCUT2D eigenvalue weighted by Gasteiger charge is 2.32. The molecule has 98 valence electrons. The highest BCUT2D eigenvalue weighted by atomic mass is 16.1. The number of rotatable bonds is 2. The van der Waals surface area contributed by atoms with Crippen molar-refractivity contribution in [3.8, 4) is 0 Å². The molecule has 0 aromatic heterocycles. The molecule has 1 aliphatic rings. The lowest BCUT2D eigenvalue weighted by atomic mass is 10.0. The molecule has 1 heterocycles. The van der Waals surface area contributed by atoms with Crippen molar-refractivity contribution in [2.45, 2.75) is 32.2 Å². The number of nitrogen functional groups attached to an aromatic ring is 1. The first-order chi connectivity index (χ1) is 8.45. The average Bonchev–Trinajstić information content (AvgIpc) is 2.68. The molecule has 0 saturated carbocycles. The monoisotopic (exact) mass is 247 g/mol. The molecule has 18 heavy (non-hydrogen) atoms. The summed E-state index contributed by atoms with van der Waals surface area (Å²) in [6.45, 7) is 5.48. The number of anilines is 2. The number of carbonyl (C=O) groups excluding carboxylic acids is 1. The zero-order valence-corrected chi connectivity index (χ0v) is 11.3. The summed E-state index contributed by atoms with van der Waals surface area (Å²) in [5, 5.41) is 2.61. The Kier molecular flexibility index (Phi) is 3.20. The van der Waals surface area contributed by atoms with Crippen molar-refractivity contribution >= 4 is 17.3 Å². The number of hydrogen-bond acceptors (Lipinski definition) is 3. The Hall–Kier alpha value is -1.71. The topological polar surface area (TPSA) is 58.4 Å². The average molecular weight is 247 g/mol. The SMILES string of the molecule is CNC(=O)c1ccc(N2CCCC2(C)C)c(N)c1. The Labute approximate surface area is 108 Å². The lowest BCUT2D eigenvalue weighted by Gasteiger charge is -2.34. The number of nitrogens with one attached hydrogen (secondary N) is 1. The normalized spacial score (nSPS) is 17.8. The summed E-state index contributed by atoms with van der Waals surface area (Å²) in [7, 11) is 1.62. The molecule has 0 spiro atoms. The van der Waals surface area contributed by atoms with E-state index in [-0.39, 0.29) is 11.4 Å². The maximum Gasteiger partial charge on any atom is 0.251 e. The second-order valence-electron chi connectivity index (χ2n) is 5.42. The van der Waals surface area contributed by atoms with E-state index in [9.17, 15) is 4.79 Å². The maximum atomic E-state index is 11.5. The van der Waals surface area contributed by atoms with E-state index in [2.05, 4.69) is 24.1 Å². The van der Waals surface area contributed by atoms with Gasteiger partial charge in [-0.3, -0.25) is 4.79 Å². The van der Waals surface area contributed by atoms with E-state index in [4.69, 9.17) is 5.73 Å². The highest BCUT2D eigenvalue weighted by Crippen LogP contribution is 2.36. The molecule has 0 radical (unpaired) electrons. The van der Waals surface area contributed by atoms with E-state index in [1.807, 2.05) is 12.1 Å². The van der Waals surface area contributed by atoms with Gasteiger partial charge in [0.2, 0.25) is 0 Å². The lowest BCUT2D eigenvalue weighted by Crippen LogP contribution is -2.38. The highest BCUT2D eigenvalue weighted by molar-refractivity contribution is 5.96. The fourth-order valence-corrected chi connectivity index (χ4v) is 2.64. The van der Waals surface area contributed by atoms with Gasteiger partial charge in [-0.1, -0.05) is 0 Å². The molecule has 1 aromatic carbocycles. The molecule has 0 atom stereocenters. The minimum atomic E-state index is -0.103. The standard InChI is InChI=1S/C14H21N3O/c1-14(2)7-4-8-17(14)12-6-5-10(9-11(12)15)13(18)16-3/h5-6,9H,4,7-8,15H2,1-3H3,(H,16,18). The van der Waals surface area contributed by atoms with Gasteiger partial charge in [-0.05, 0) is 44.9 Å². The Morgan fingerprint density at radius 1 is 1.44 bits per heavy atom. The molecule has 0 aliphatic carbocycles. The van der Waals surface area contributed by atoms with Crippen LogP contribution < -0.4 is 16.0 Å². The maximum absolute atomic E-state index is 11.5. The van der Waals surface area contributed by atoms with Crippen LogP contribution in [0.25, 0.3) is 0 Å². The summed E-state index contributed by atoms with van der Waals surface area (Å²) in [6, 6.07) is 5.54. The molecular weight excluding hydrogens is 226 g/mol. The quantitative estimate of drug-likeness (QED) is 0.786. The minimum absolute atomic E-state index is 0.103. The summed E-state index contributed by atoms with van der Waals surface area (Å²) < 4.78 is 0. The summed E-state index contributed by atoms with van der Waals surface area (Å²) >= 11 is 0. The van der Waals surface area contributed by atoms with Crippen LogP contribution in [0.2, 0.25) is 0 Å². The van der Waals surface area contributed by atoms with Crippen molar-refractivity contribution in [1.82, 2.24) is 5.32 Å². The molecule has 0 unspecified atom stereocenters.